The van der Waals surface area contributed by atoms with Crippen molar-refractivity contribution in [2.75, 3.05) is 24.4 Å². The Morgan fingerprint density at radius 2 is 1.52 bits per heavy atom. The number of carbonyl (C=O) groups excluding carboxylic acids is 1. The fraction of sp³-hybridized carbons (Fsp3) is 0.595. The molecule has 7 heteroatoms. The average molecular weight is 690 g/mol. The normalized spacial score (nSPS) is 12.9. The summed E-state index contributed by atoms with van der Waals surface area (Å²) in [6, 6.07) is 14.0. The van der Waals surface area contributed by atoms with Gasteiger partial charge in [-0.15, -0.1) is 28.7 Å². The number of hydrogen-bond donors (Lipinski definition) is 1. The van der Waals surface area contributed by atoms with Crippen molar-refractivity contribution in [2.45, 2.75) is 124 Å². The van der Waals surface area contributed by atoms with E-state index >= 15 is 0 Å². The summed E-state index contributed by atoms with van der Waals surface area (Å²) < 4.78 is 12.4. The Hall–Kier alpha value is -2.12. The largest absolute Gasteiger partial charge is 0.489 e. The number of nitrogens with zero attached hydrogens (tertiary/aromatic N) is 1. The highest BCUT2D eigenvalue weighted by atomic mass is 79.9. The summed E-state index contributed by atoms with van der Waals surface area (Å²) in [7, 11) is 0. The molecule has 1 heterocycles. The van der Waals surface area contributed by atoms with Crippen molar-refractivity contribution in [2.24, 2.45) is 0 Å². The van der Waals surface area contributed by atoms with E-state index in [0.717, 1.165) is 35.8 Å². The highest BCUT2D eigenvalue weighted by Gasteiger charge is 2.22. The molecule has 1 N–H and O–H groups in total. The number of rotatable bonds is 20. The number of anilines is 1. The molecule has 0 aliphatic carbocycles. The van der Waals surface area contributed by atoms with Gasteiger partial charge in [-0.1, -0.05) is 123 Å². The van der Waals surface area contributed by atoms with E-state index in [4.69, 9.17) is 9.47 Å². The summed E-state index contributed by atoms with van der Waals surface area (Å²) in [6.45, 7) is 12.4. The Labute approximate surface area is 282 Å². The number of para-hydroxylation sites is 1. The van der Waals surface area contributed by atoms with Crippen LogP contribution in [-0.2, 0) is 16.8 Å². The highest BCUT2D eigenvalue weighted by molar-refractivity contribution is 8.93. The molecular weight excluding hydrogens is 632 g/mol. The predicted molar refractivity (Wildman–Crippen MR) is 194 cm³/mol. The van der Waals surface area contributed by atoms with Crippen LogP contribution in [0.3, 0.4) is 0 Å². The van der Waals surface area contributed by atoms with Crippen LogP contribution in [0.2, 0.25) is 0 Å². The molecule has 0 bridgehead atoms. The summed E-state index contributed by atoms with van der Waals surface area (Å²) in [6.07, 6.45) is 15.8. The van der Waals surface area contributed by atoms with Gasteiger partial charge in [-0.25, -0.2) is 0 Å². The molecule has 0 unspecified atom stereocenters. The molecule has 246 valence electrons. The van der Waals surface area contributed by atoms with E-state index in [1.54, 1.807) is 0 Å². The molecule has 0 saturated carbocycles. The van der Waals surface area contributed by atoms with E-state index in [2.05, 4.69) is 62.4 Å². The van der Waals surface area contributed by atoms with E-state index < -0.39 is 0 Å². The SMILES string of the molecule is Br.CCCCCCCCCCCCCCOc1c(OCC(=O)Nc2cccc(CN3CSC=C3C)c2)cccc1C(C)(C)C. The molecule has 0 aromatic heterocycles. The Morgan fingerprint density at radius 3 is 2.14 bits per heavy atom. The van der Waals surface area contributed by atoms with Gasteiger partial charge in [0.25, 0.3) is 5.91 Å². The van der Waals surface area contributed by atoms with E-state index in [0.29, 0.717) is 12.4 Å². The second kappa shape index (κ2) is 20.8. The third-order valence-corrected chi connectivity index (χ3v) is 8.93. The van der Waals surface area contributed by atoms with Gasteiger partial charge in [0.15, 0.2) is 18.1 Å². The van der Waals surface area contributed by atoms with Crippen LogP contribution in [0.1, 0.15) is 123 Å². The van der Waals surface area contributed by atoms with E-state index in [-0.39, 0.29) is 34.9 Å². The van der Waals surface area contributed by atoms with Crippen LogP contribution in [0.5, 0.6) is 11.5 Å². The lowest BCUT2D eigenvalue weighted by Gasteiger charge is -2.24. The Morgan fingerprint density at radius 1 is 0.886 bits per heavy atom. The smallest absolute Gasteiger partial charge is 0.262 e. The lowest BCUT2D eigenvalue weighted by molar-refractivity contribution is -0.118. The molecule has 44 heavy (non-hydrogen) atoms. The molecule has 1 aliphatic rings. The number of carbonyl (C=O) groups is 1. The van der Waals surface area contributed by atoms with Crippen LogP contribution in [0.25, 0.3) is 0 Å². The molecule has 5 nitrogen and oxygen atoms in total. The first kappa shape index (κ1) is 38.1. The van der Waals surface area contributed by atoms with Gasteiger partial charge in [-0.3, -0.25) is 4.79 Å². The van der Waals surface area contributed by atoms with Gasteiger partial charge >= 0.3 is 0 Å². The minimum Gasteiger partial charge on any atom is -0.489 e. The van der Waals surface area contributed by atoms with Crippen molar-refractivity contribution < 1.29 is 14.3 Å². The Kier molecular flexibility index (Phi) is 18.0. The van der Waals surface area contributed by atoms with Crippen molar-refractivity contribution in [3.8, 4) is 11.5 Å². The summed E-state index contributed by atoms with van der Waals surface area (Å²) in [5, 5.41) is 5.19. The summed E-state index contributed by atoms with van der Waals surface area (Å²) >= 11 is 1.81. The van der Waals surface area contributed by atoms with Crippen LogP contribution in [0.15, 0.2) is 53.6 Å². The monoisotopic (exact) mass is 688 g/mol. The number of thioether (sulfide) groups is 1. The molecule has 2 aromatic rings. The number of hydrogen-bond acceptors (Lipinski definition) is 5. The van der Waals surface area contributed by atoms with Crippen LogP contribution < -0.4 is 14.8 Å². The standard InChI is InChI=1S/C37H56N2O3S.BrH/c1-6-7-8-9-10-11-12-13-14-15-16-17-24-41-36-33(37(3,4)5)22-19-23-34(36)42-27-35(40)38-32-21-18-20-31(25-32)26-39-29-43-28-30(39)2;/h18-23,25,28H,6-17,24,26-27,29H2,1-5H3,(H,38,40);1H. The van der Waals surface area contributed by atoms with Crippen molar-refractivity contribution in [3.63, 3.8) is 0 Å². The van der Waals surface area contributed by atoms with Crippen LogP contribution in [0.4, 0.5) is 5.69 Å². The van der Waals surface area contributed by atoms with Gasteiger partial charge in [-0.2, -0.15) is 0 Å². The fourth-order valence-corrected chi connectivity index (χ4v) is 6.33. The van der Waals surface area contributed by atoms with Gasteiger partial charge in [0, 0.05) is 23.5 Å². The van der Waals surface area contributed by atoms with Gasteiger partial charge in [0.05, 0.1) is 12.5 Å². The Balaban J connectivity index is 0.00000675. The molecule has 1 amide bonds. The number of ether oxygens (including phenoxy) is 2. The second-order valence-electron chi connectivity index (χ2n) is 12.9. The number of benzene rings is 2. The number of unbranched alkanes of at least 4 members (excludes halogenated alkanes) is 11. The maximum Gasteiger partial charge on any atom is 0.262 e. The molecular formula is C37H57BrN2O3S. The second-order valence-corrected chi connectivity index (χ2v) is 13.7. The molecule has 3 rings (SSSR count). The number of halogens is 1. The van der Waals surface area contributed by atoms with Crippen LogP contribution in [0, 0.1) is 0 Å². The number of allylic oxidation sites excluding steroid dienone is 1. The quantitative estimate of drug-likeness (QED) is 0.140. The lowest BCUT2D eigenvalue weighted by Crippen LogP contribution is -2.21. The predicted octanol–water partition coefficient (Wildman–Crippen LogP) is 11.0. The van der Waals surface area contributed by atoms with E-state index in [9.17, 15) is 4.79 Å². The van der Waals surface area contributed by atoms with Crippen molar-refractivity contribution in [1.29, 1.82) is 0 Å². The van der Waals surface area contributed by atoms with Crippen LogP contribution >= 0.6 is 28.7 Å². The molecule has 0 spiro atoms. The number of nitrogens with one attached hydrogen (secondary N) is 1. The van der Waals surface area contributed by atoms with E-state index in [1.807, 2.05) is 42.1 Å². The maximum absolute atomic E-state index is 12.9. The van der Waals surface area contributed by atoms with Crippen molar-refractivity contribution in [1.82, 2.24) is 4.90 Å². The first-order valence-corrected chi connectivity index (χ1v) is 17.6. The van der Waals surface area contributed by atoms with Gasteiger partial charge < -0.3 is 19.7 Å². The first-order chi connectivity index (χ1) is 20.8. The molecule has 1 aliphatic heterocycles. The zero-order chi connectivity index (χ0) is 30.9. The minimum atomic E-state index is -0.182. The fourth-order valence-electron chi connectivity index (χ4n) is 5.39. The molecule has 2 aromatic carbocycles. The zero-order valence-electron chi connectivity index (χ0n) is 27.9. The van der Waals surface area contributed by atoms with Gasteiger partial charge in [0.1, 0.15) is 0 Å². The summed E-state index contributed by atoms with van der Waals surface area (Å²) in [4.78, 5) is 15.2. The zero-order valence-corrected chi connectivity index (χ0v) is 30.5. The molecule has 0 saturated heterocycles. The van der Waals surface area contributed by atoms with Gasteiger partial charge in [-0.05, 0) is 47.9 Å². The van der Waals surface area contributed by atoms with Crippen molar-refractivity contribution in [3.05, 3.63) is 64.7 Å². The lowest BCUT2D eigenvalue weighted by atomic mass is 9.86. The third-order valence-electron chi connectivity index (χ3n) is 7.96. The van der Waals surface area contributed by atoms with Crippen molar-refractivity contribution >= 4 is 40.3 Å². The van der Waals surface area contributed by atoms with Gasteiger partial charge in [0.2, 0.25) is 0 Å². The average Bonchev–Trinajstić information content (AvgIpc) is 3.38. The van der Waals surface area contributed by atoms with Crippen LogP contribution in [-0.4, -0.2) is 29.9 Å². The third kappa shape index (κ3) is 13.9. The molecule has 0 fully saturated rings. The van der Waals surface area contributed by atoms with E-state index in [1.165, 1.54) is 81.9 Å². The maximum atomic E-state index is 12.9. The first-order valence-electron chi connectivity index (χ1n) is 16.6. The highest BCUT2D eigenvalue weighted by Crippen LogP contribution is 2.39. The number of amides is 1. The summed E-state index contributed by atoms with van der Waals surface area (Å²) in [5.41, 5.74) is 4.23. The summed E-state index contributed by atoms with van der Waals surface area (Å²) in [5.74, 6) is 2.18. The topological polar surface area (TPSA) is 50.8 Å². The molecule has 0 atom stereocenters. The molecule has 0 radical (unpaired) electrons. The Bertz CT molecular complexity index is 1150. The minimum absolute atomic E-state index is 0.